The zero-order chi connectivity index (χ0) is 8.10. The summed E-state index contributed by atoms with van der Waals surface area (Å²) in [4.78, 5) is 2.36. The standard InChI is InChI=1S/C8H18N2O/c1-10(5-3-2-4-9)8-6-11-7-8/h8H,2-7,9H2,1H3. The van der Waals surface area contributed by atoms with Gasteiger partial charge in [-0.05, 0) is 33.0 Å². The van der Waals surface area contributed by atoms with Gasteiger partial charge in [-0.25, -0.2) is 0 Å². The number of rotatable bonds is 5. The van der Waals surface area contributed by atoms with Crippen LogP contribution in [0.2, 0.25) is 0 Å². The summed E-state index contributed by atoms with van der Waals surface area (Å²) in [6, 6.07) is 0.674. The highest BCUT2D eigenvalue weighted by molar-refractivity contribution is 4.74. The third-order valence-corrected chi connectivity index (χ3v) is 2.21. The summed E-state index contributed by atoms with van der Waals surface area (Å²) in [7, 11) is 2.16. The van der Waals surface area contributed by atoms with Crippen LogP contribution in [0.1, 0.15) is 12.8 Å². The molecule has 0 atom stereocenters. The van der Waals surface area contributed by atoms with Crippen molar-refractivity contribution in [1.82, 2.24) is 4.90 Å². The van der Waals surface area contributed by atoms with Gasteiger partial charge in [0.05, 0.1) is 19.3 Å². The van der Waals surface area contributed by atoms with Gasteiger partial charge < -0.3 is 10.5 Å². The van der Waals surface area contributed by atoms with Crippen LogP contribution in [0.4, 0.5) is 0 Å². The van der Waals surface area contributed by atoms with Gasteiger partial charge in [0.15, 0.2) is 0 Å². The second-order valence-corrected chi connectivity index (χ2v) is 3.17. The highest BCUT2D eigenvalue weighted by Gasteiger charge is 2.21. The third kappa shape index (κ3) is 2.77. The molecule has 0 unspecified atom stereocenters. The molecule has 1 heterocycles. The smallest absolute Gasteiger partial charge is 0.0645 e. The molecule has 0 aromatic heterocycles. The van der Waals surface area contributed by atoms with Gasteiger partial charge in [-0.15, -0.1) is 0 Å². The maximum absolute atomic E-state index is 5.39. The fraction of sp³-hybridized carbons (Fsp3) is 1.00. The van der Waals surface area contributed by atoms with Crippen LogP contribution in [0, 0.1) is 0 Å². The maximum Gasteiger partial charge on any atom is 0.0645 e. The fourth-order valence-electron chi connectivity index (χ4n) is 1.17. The number of hydrogen-bond donors (Lipinski definition) is 1. The van der Waals surface area contributed by atoms with Crippen molar-refractivity contribution in [2.45, 2.75) is 18.9 Å². The molecule has 0 bridgehead atoms. The van der Waals surface area contributed by atoms with Gasteiger partial charge >= 0.3 is 0 Å². The van der Waals surface area contributed by atoms with Gasteiger partial charge in [-0.3, -0.25) is 4.90 Å². The molecule has 2 N–H and O–H groups in total. The molecule has 1 fully saturated rings. The highest BCUT2D eigenvalue weighted by Crippen LogP contribution is 2.08. The van der Waals surface area contributed by atoms with Crippen LogP contribution in [0.3, 0.4) is 0 Å². The molecule has 0 radical (unpaired) electrons. The van der Waals surface area contributed by atoms with E-state index in [0.717, 1.165) is 32.7 Å². The molecule has 66 valence electrons. The first-order chi connectivity index (χ1) is 5.34. The van der Waals surface area contributed by atoms with Crippen molar-refractivity contribution in [2.75, 3.05) is 33.4 Å². The van der Waals surface area contributed by atoms with Crippen molar-refractivity contribution in [3.63, 3.8) is 0 Å². The summed E-state index contributed by atoms with van der Waals surface area (Å²) >= 11 is 0. The maximum atomic E-state index is 5.39. The van der Waals surface area contributed by atoms with E-state index in [-0.39, 0.29) is 0 Å². The Morgan fingerprint density at radius 2 is 2.18 bits per heavy atom. The van der Waals surface area contributed by atoms with Crippen molar-refractivity contribution in [2.24, 2.45) is 5.73 Å². The minimum atomic E-state index is 0.674. The minimum Gasteiger partial charge on any atom is -0.378 e. The van der Waals surface area contributed by atoms with Crippen LogP contribution in [-0.4, -0.2) is 44.3 Å². The van der Waals surface area contributed by atoms with Crippen LogP contribution in [0.15, 0.2) is 0 Å². The Morgan fingerprint density at radius 1 is 1.45 bits per heavy atom. The van der Waals surface area contributed by atoms with Crippen LogP contribution in [0.25, 0.3) is 0 Å². The quantitative estimate of drug-likeness (QED) is 0.575. The van der Waals surface area contributed by atoms with E-state index in [1.807, 2.05) is 0 Å². The molecule has 3 nitrogen and oxygen atoms in total. The lowest BCUT2D eigenvalue weighted by molar-refractivity contribution is -0.0561. The molecule has 1 aliphatic heterocycles. The fourth-order valence-corrected chi connectivity index (χ4v) is 1.17. The summed E-state index contributed by atoms with van der Waals surface area (Å²) < 4.78 is 5.10. The molecular weight excluding hydrogens is 140 g/mol. The van der Waals surface area contributed by atoms with Gasteiger partial charge in [-0.2, -0.15) is 0 Å². The first-order valence-corrected chi connectivity index (χ1v) is 4.32. The van der Waals surface area contributed by atoms with Gasteiger partial charge in [0, 0.05) is 0 Å². The Kier molecular flexibility index (Phi) is 3.83. The number of ether oxygens (including phenoxy) is 1. The number of likely N-dealkylation sites (N-methyl/N-ethyl adjacent to an activating group) is 1. The molecule has 1 aliphatic rings. The lowest BCUT2D eigenvalue weighted by Gasteiger charge is -2.34. The summed E-state index contributed by atoms with van der Waals surface area (Å²) in [5.41, 5.74) is 5.39. The first kappa shape index (κ1) is 8.97. The van der Waals surface area contributed by atoms with E-state index in [1.165, 1.54) is 6.42 Å². The zero-order valence-corrected chi connectivity index (χ0v) is 7.25. The van der Waals surface area contributed by atoms with Crippen molar-refractivity contribution in [1.29, 1.82) is 0 Å². The summed E-state index contributed by atoms with van der Waals surface area (Å²) in [5.74, 6) is 0. The van der Waals surface area contributed by atoms with Crippen LogP contribution in [-0.2, 0) is 4.74 Å². The van der Waals surface area contributed by atoms with Crippen molar-refractivity contribution < 1.29 is 4.74 Å². The molecular formula is C8H18N2O. The van der Waals surface area contributed by atoms with Crippen molar-refractivity contribution in [3.05, 3.63) is 0 Å². The lowest BCUT2D eigenvalue weighted by Crippen LogP contribution is -2.47. The van der Waals surface area contributed by atoms with Gasteiger partial charge in [0.1, 0.15) is 0 Å². The molecule has 1 rings (SSSR count). The predicted octanol–water partition coefficient (Wildman–Crippen LogP) is 0.0559. The monoisotopic (exact) mass is 158 g/mol. The summed E-state index contributed by atoms with van der Waals surface area (Å²) in [5, 5.41) is 0. The summed E-state index contributed by atoms with van der Waals surface area (Å²) in [6.07, 6.45) is 2.35. The van der Waals surface area contributed by atoms with E-state index in [4.69, 9.17) is 10.5 Å². The molecule has 1 saturated heterocycles. The Morgan fingerprint density at radius 3 is 2.64 bits per heavy atom. The molecule has 0 aromatic carbocycles. The van der Waals surface area contributed by atoms with Crippen molar-refractivity contribution in [3.8, 4) is 0 Å². The van der Waals surface area contributed by atoms with Gasteiger partial charge in [0.2, 0.25) is 0 Å². The third-order valence-electron chi connectivity index (χ3n) is 2.21. The molecule has 0 aromatic rings. The Hall–Kier alpha value is -0.120. The van der Waals surface area contributed by atoms with Crippen LogP contribution in [0.5, 0.6) is 0 Å². The second-order valence-electron chi connectivity index (χ2n) is 3.17. The number of hydrogen-bond acceptors (Lipinski definition) is 3. The average molecular weight is 158 g/mol. The predicted molar refractivity (Wildman–Crippen MR) is 45.5 cm³/mol. The average Bonchev–Trinajstić information content (AvgIpc) is 1.84. The molecule has 0 spiro atoms. The molecule has 11 heavy (non-hydrogen) atoms. The number of nitrogens with zero attached hydrogens (tertiary/aromatic N) is 1. The highest BCUT2D eigenvalue weighted by atomic mass is 16.5. The topological polar surface area (TPSA) is 38.5 Å². The van der Waals surface area contributed by atoms with E-state index in [0.29, 0.717) is 6.04 Å². The van der Waals surface area contributed by atoms with Crippen molar-refractivity contribution >= 4 is 0 Å². The van der Waals surface area contributed by atoms with Crippen LogP contribution >= 0.6 is 0 Å². The second kappa shape index (κ2) is 4.70. The molecule has 3 heteroatoms. The Balaban J connectivity index is 1.96. The van der Waals surface area contributed by atoms with E-state index < -0.39 is 0 Å². The Labute approximate surface area is 68.5 Å². The first-order valence-electron chi connectivity index (χ1n) is 4.32. The SMILES string of the molecule is CN(CCCCN)C1COC1. The van der Waals surface area contributed by atoms with E-state index >= 15 is 0 Å². The number of unbranched alkanes of at least 4 members (excludes halogenated alkanes) is 1. The Bertz CT molecular complexity index is 104. The normalized spacial score (nSPS) is 18.8. The minimum absolute atomic E-state index is 0.674. The lowest BCUT2D eigenvalue weighted by atomic mass is 10.2. The zero-order valence-electron chi connectivity index (χ0n) is 7.25. The van der Waals surface area contributed by atoms with E-state index in [1.54, 1.807) is 0 Å². The van der Waals surface area contributed by atoms with Gasteiger partial charge in [0.25, 0.3) is 0 Å². The molecule has 0 saturated carbocycles. The largest absolute Gasteiger partial charge is 0.378 e. The van der Waals surface area contributed by atoms with Gasteiger partial charge in [-0.1, -0.05) is 0 Å². The molecule has 0 amide bonds. The van der Waals surface area contributed by atoms with Crippen LogP contribution < -0.4 is 5.73 Å². The molecule has 0 aliphatic carbocycles. The number of nitrogens with two attached hydrogens (primary N) is 1. The van der Waals surface area contributed by atoms with E-state index in [9.17, 15) is 0 Å². The summed E-state index contributed by atoms with van der Waals surface area (Å²) in [6.45, 7) is 3.80. The van der Waals surface area contributed by atoms with E-state index in [2.05, 4.69) is 11.9 Å².